The maximum Gasteiger partial charge on any atom is 0.311 e. The van der Waals surface area contributed by atoms with E-state index in [0.717, 1.165) is 13.2 Å². The molecule has 0 saturated carbocycles. The number of hydrogen-bond donors (Lipinski definition) is 0. The van der Waals surface area contributed by atoms with Crippen LogP contribution >= 0.6 is 0 Å². The van der Waals surface area contributed by atoms with Gasteiger partial charge in [-0.25, -0.2) is 8.78 Å². The first-order chi connectivity index (χ1) is 8.36. The molecule has 18 heavy (non-hydrogen) atoms. The number of carbonyl (C=O) groups excluding carboxylic acids is 1. The molecule has 0 spiro atoms. The molecule has 0 fully saturated rings. The smallest absolute Gasteiger partial charge is 0.311 e. The van der Waals surface area contributed by atoms with Crippen LogP contribution in [0.2, 0.25) is 0 Å². The molecule has 0 amide bonds. The average molecular weight is 260 g/mol. The van der Waals surface area contributed by atoms with Gasteiger partial charge in [0.1, 0.15) is 5.69 Å². The SMILES string of the molecule is COC(=O)Cc1cc(C(F)F)c([N+](=O)[O-])c(C)n1. The number of nitro groups is 1. The van der Waals surface area contributed by atoms with E-state index in [0.29, 0.717) is 0 Å². The Morgan fingerprint density at radius 3 is 2.67 bits per heavy atom. The monoisotopic (exact) mass is 260 g/mol. The molecule has 1 rings (SSSR count). The van der Waals surface area contributed by atoms with Crippen molar-refractivity contribution < 1.29 is 23.2 Å². The minimum Gasteiger partial charge on any atom is -0.469 e. The molecule has 8 heteroatoms. The Bertz CT molecular complexity index is 491. The van der Waals surface area contributed by atoms with E-state index in [1.54, 1.807) is 0 Å². The van der Waals surface area contributed by atoms with E-state index in [9.17, 15) is 23.7 Å². The highest BCUT2D eigenvalue weighted by molar-refractivity contribution is 5.72. The molecule has 0 unspecified atom stereocenters. The summed E-state index contributed by atoms with van der Waals surface area (Å²) in [6.07, 6.45) is -3.32. The molecule has 6 nitrogen and oxygen atoms in total. The molecule has 1 heterocycles. The summed E-state index contributed by atoms with van der Waals surface area (Å²) >= 11 is 0. The van der Waals surface area contributed by atoms with Crippen LogP contribution in [0.5, 0.6) is 0 Å². The van der Waals surface area contributed by atoms with Gasteiger partial charge in [-0.15, -0.1) is 0 Å². The molecule has 0 aliphatic heterocycles. The molecule has 0 aliphatic rings. The normalized spacial score (nSPS) is 10.5. The van der Waals surface area contributed by atoms with E-state index < -0.39 is 28.6 Å². The lowest BCUT2D eigenvalue weighted by molar-refractivity contribution is -0.387. The van der Waals surface area contributed by atoms with Crippen molar-refractivity contribution in [1.29, 1.82) is 0 Å². The molecular weight excluding hydrogens is 250 g/mol. The third-order valence-electron chi connectivity index (χ3n) is 2.22. The number of nitrogens with zero attached hydrogens (tertiary/aromatic N) is 2. The summed E-state index contributed by atoms with van der Waals surface area (Å²) in [5, 5.41) is 10.7. The fourth-order valence-electron chi connectivity index (χ4n) is 1.47. The van der Waals surface area contributed by atoms with Gasteiger partial charge in [0.15, 0.2) is 0 Å². The molecule has 0 aliphatic carbocycles. The van der Waals surface area contributed by atoms with Crippen LogP contribution in [0.4, 0.5) is 14.5 Å². The lowest BCUT2D eigenvalue weighted by atomic mass is 10.1. The van der Waals surface area contributed by atoms with Crippen molar-refractivity contribution in [3.05, 3.63) is 33.1 Å². The van der Waals surface area contributed by atoms with Gasteiger partial charge in [-0.2, -0.15) is 0 Å². The Morgan fingerprint density at radius 1 is 1.61 bits per heavy atom. The van der Waals surface area contributed by atoms with Crippen molar-refractivity contribution >= 4 is 11.7 Å². The Hall–Kier alpha value is -2.12. The number of carbonyl (C=O) groups is 1. The first kappa shape index (κ1) is 13.9. The fourth-order valence-corrected chi connectivity index (χ4v) is 1.47. The van der Waals surface area contributed by atoms with E-state index in [4.69, 9.17) is 0 Å². The van der Waals surface area contributed by atoms with Gasteiger partial charge in [0.25, 0.3) is 12.1 Å². The highest BCUT2D eigenvalue weighted by atomic mass is 19.3. The van der Waals surface area contributed by atoms with Gasteiger partial charge in [-0.1, -0.05) is 0 Å². The Kier molecular flexibility index (Phi) is 4.24. The number of alkyl halides is 2. The van der Waals surface area contributed by atoms with Gasteiger partial charge in [-0.3, -0.25) is 19.9 Å². The lowest BCUT2D eigenvalue weighted by Crippen LogP contribution is -2.09. The Labute approximate surface area is 101 Å². The number of rotatable bonds is 4. The second-order valence-corrected chi connectivity index (χ2v) is 3.45. The zero-order valence-corrected chi connectivity index (χ0v) is 9.65. The number of methoxy groups -OCH3 is 1. The summed E-state index contributed by atoms with van der Waals surface area (Å²) in [7, 11) is 1.15. The molecule has 1 aromatic rings. The molecule has 1 aromatic heterocycles. The number of hydrogen-bond acceptors (Lipinski definition) is 5. The average Bonchev–Trinajstić information content (AvgIpc) is 2.27. The van der Waals surface area contributed by atoms with E-state index in [2.05, 4.69) is 9.72 Å². The van der Waals surface area contributed by atoms with Crippen LogP contribution < -0.4 is 0 Å². The molecule has 0 radical (unpaired) electrons. The lowest BCUT2D eigenvalue weighted by Gasteiger charge is -2.07. The van der Waals surface area contributed by atoms with Crippen molar-refractivity contribution in [1.82, 2.24) is 4.98 Å². The second-order valence-electron chi connectivity index (χ2n) is 3.45. The minimum atomic E-state index is -3.01. The zero-order valence-electron chi connectivity index (χ0n) is 9.65. The zero-order chi connectivity index (χ0) is 13.9. The number of esters is 1. The summed E-state index contributed by atoms with van der Waals surface area (Å²) in [4.78, 5) is 24.5. The van der Waals surface area contributed by atoms with Gasteiger partial charge in [0, 0.05) is 0 Å². The summed E-state index contributed by atoms with van der Waals surface area (Å²) < 4.78 is 29.8. The molecule has 98 valence electrons. The van der Waals surface area contributed by atoms with Gasteiger partial charge in [0.05, 0.1) is 29.7 Å². The summed E-state index contributed by atoms with van der Waals surface area (Å²) in [5.41, 5.74) is -1.61. The van der Waals surface area contributed by atoms with Gasteiger partial charge >= 0.3 is 5.97 Å². The van der Waals surface area contributed by atoms with E-state index in [1.165, 1.54) is 6.92 Å². The van der Waals surface area contributed by atoms with Crippen LogP contribution in [-0.2, 0) is 16.0 Å². The molecule has 0 atom stereocenters. The Balaban J connectivity index is 3.27. The topological polar surface area (TPSA) is 82.3 Å². The standard InChI is InChI=1S/C10H10F2N2O4/c1-5-9(14(16)17)7(10(11)12)3-6(13-5)4-8(15)18-2/h3,10H,4H2,1-2H3. The van der Waals surface area contributed by atoms with Crippen LogP contribution in [-0.4, -0.2) is 23.0 Å². The number of aromatic nitrogens is 1. The van der Waals surface area contributed by atoms with Crippen LogP contribution in [0.1, 0.15) is 23.4 Å². The summed E-state index contributed by atoms with van der Waals surface area (Å²) in [6.45, 7) is 1.24. The predicted molar refractivity (Wildman–Crippen MR) is 56.3 cm³/mol. The van der Waals surface area contributed by atoms with Crippen molar-refractivity contribution in [2.24, 2.45) is 0 Å². The van der Waals surface area contributed by atoms with E-state index in [1.807, 2.05) is 0 Å². The van der Waals surface area contributed by atoms with Gasteiger partial charge in [0.2, 0.25) is 0 Å². The number of pyridine rings is 1. The number of ether oxygens (including phenoxy) is 1. The second kappa shape index (κ2) is 5.48. The summed E-state index contributed by atoms with van der Waals surface area (Å²) in [5.74, 6) is -0.657. The van der Waals surface area contributed by atoms with Crippen LogP contribution in [0, 0.1) is 17.0 Å². The Morgan fingerprint density at radius 2 is 2.22 bits per heavy atom. The van der Waals surface area contributed by atoms with Gasteiger partial charge in [-0.05, 0) is 13.0 Å². The maximum atomic E-state index is 12.7. The van der Waals surface area contributed by atoms with Crippen LogP contribution in [0.15, 0.2) is 6.07 Å². The molecular formula is C10H10F2N2O4. The van der Waals surface area contributed by atoms with Crippen LogP contribution in [0.3, 0.4) is 0 Å². The highest BCUT2D eigenvalue weighted by Gasteiger charge is 2.26. The van der Waals surface area contributed by atoms with E-state index in [-0.39, 0.29) is 17.8 Å². The quantitative estimate of drug-likeness (QED) is 0.469. The van der Waals surface area contributed by atoms with Crippen molar-refractivity contribution in [3.63, 3.8) is 0 Å². The third kappa shape index (κ3) is 2.96. The number of aryl methyl sites for hydroxylation is 1. The highest BCUT2D eigenvalue weighted by Crippen LogP contribution is 2.31. The van der Waals surface area contributed by atoms with E-state index >= 15 is 0 Å². The first-order valence-electron chi connectivity index (χ1n) is 4.86. The predicted octanol–water partition coefficient (Wildman–Crippen LogP) is 1.95. The van der Waals surface area contributed by atoms with Gasteiger partial charge < -0.3 is 4.74 Å². The summed E-state index contributed by atoms with van der Waals surface area (Å²) in [6, 6.07) is 0.854. The molecule has 0 aromatic carbocycles. The fraction of sp³-hybridized carbons (Fsp3) is 0.400. The third-order valence-corrected chi connectivity index (χ3v) is 2.22. The first-order valence-corrected chi connectivity index (χ1v) is 4.86. The van der Waals surface area contributed by atoms with Crippen molar-refractivity contribution in [2.45, 2.75) is 19.8 Å². The van der Waals surface area contributed by atoms with Crippen molar-refractivity contribution in [3.8, 4) is 0 Å². The molecule has 0 N–H and O–H groups in total. The molecule has 0 bridgehead atoms. The maximum absolute atomic E-state index is 12.7. The van der Waals surface area contributed by atoms with Crippen molar-refractivity contribution in [2.75, 3.05) is 7.11 Å². The van der Waals surface area contributed by atoms with Crippen LogP contribution in [0.25, 0.3) is 0 Å². The minimum absolute atomic E-state index is 0.0141. The number of halogens is 2. The molecule has 0 saturated heterocycles. The largest absolute Gasteiger partial charge is 0.469 e.